The second-order valence-corrected chi connectivity index (χ2v) is 8.70. The third-order valence-electron chi connectivity index (χ3n) is 5.97. The molecule has 0 fully saturated rings. The van der Waals surface area contributed by atoms with Gasteiger partial charge in [-0.1, -0.05) is 19.9 Å². The van der Waals surface area contributed by atoms with Crippen LogP contribution < -0.4 is 20.3 Å². The van der Waals surface area contributed by atoms with E-state index in [4.69, 9.17) is 9.47 Å². The maximum atomic E-state index is 13.5. The summed E-state index contributed by atoms with van der Waals surface area (Å²) in [4.78, 5) is 26.5. The third-order valence-corrected chi connectivity index (χ3v) is 5.97. The van der Waals surface area contributed by atoms with E-state index in [0.717, 1.165) is 16.8 Å². The summed E-state index contributed by atoms with van der Waals surface area (Å²) in [7, 11) is 3.06. The molecule has 182 valence electrons. The van der Waals surface area contributed by atoms with Gasteiger partial charge in [-0.3, -0.25) is 9.59 Å². The molecule has 0 spiro atoms. The number of nitrogens with one attached hydrogen (secondary N) is 1. The van der Waals surface area contributed by atoms with Crippen LogP contribution in [-0.4, -0.2) is 39.7 Å². The van der Waals surface area contributed by atoms with Gasteiger partial charge in [0.25, 0.3) is 5.56 Å². The summed E-state index contributed by atoms with van der Waals surface area (Å²) in [6.45, 7) is 7.77. The van der Waals surface area contributed by atoms with Crippen LogP contribution in [0, 0.1) is 13.8 Å². The van der Waals surface area contributed by atoms with E-state index in [1.165, 1.54) is 11.8 Å². The highest BCUT2D eigenvalue weighted by atomic mass is 16.5. The first kappa shape index (κ1) is 24.0. The molecule has 0 atom stereocenters. The molecule has 2 aromatic heterocycles. The van der Waals surface area contributed by atoms with Gasteiger partial charge in [0.05, 0.1) is 37.5 Å². The average molecular weight is 476 g/mol. The molecular formula is C26H29N5O4. The number of carbonyl (C=O) groups excluding carboxylic acids is 1. The zero-order valence-electron chi connectivity index (χ0n) is 20.7. The Morgan fingerprint density at radius 2 is 1.83 bits per heavy atom. The molecule has 0 unspecified atom stereocenters. The number of amides is 1. The van der Waals surface area contributed by atoms with Gasteiger partial charge in [-0.2, -0.15) is 10.2 Å². The van der Waals surface area contributed by atoms with E-state index < -0.39 is 11.5 Å². The molecule has 0 aliphatic carbocycles. The molecular weight excluding hydrogens is 446 g/mol. The molecule has 0 bridgehead atoms. The quantitative estimate of drug-likeness (QED) is 0.434. The lowest BCUT2D eigenvalue weighted by Gasteiger charge is -2.14. The molecule has 4 rings (SSSR count). The van der Waals surface area contributed by atoms with E-state index in [2.05, 4.69) is 15.5 Å². The molecule has 0 aliphatic heterocycles. The number of hydrogen-bond acceptors (Lipinski definition) is 6. The molecule has 2 aromatic carbocycles. The van der Waals surface area contributed by atoms with Gasteiger partial charge in [-0.05, 0) is 55.2 Å². The Balaban J connectivity index is 1.75. The molecule has 2 heterocycles. The lowest BCUT2D eigenvalue weighted by Crippen LogP contribution is -2.31. The van der Waals surface area contributed by atoms with Crippen LogP contribution in [-0.2, 0) is 11.3 Å². The molecule has 0 radical (unpaired) electrons. The number of aromatic nitrogens is 4. The summed E-state index contributed by atoms with van der Waals surface area (Å²) in [6.07, 6.45) is 1.67. The van der Waals surface area contributed by atoms with E-state index in [1.807, 2.05) is 45.9 Å². The number of methoxy groups -OCH3 is 2. The van der Waals surface area contributed by atoms with Crippen LogP contribution in [0.3, 0.4) is 0 Å². The number of ether oxygens (including phenoxy) is 2. The lowest BCUT2D eigenvalue weighted by atomic mass is 10.1. The number of hydrogen-bond donors (Lipinski definition) is 1. The smallest absolute Gasteiger partial charge is 0.293 e. The van der Waals surface area contributed by atoms with Crippen LogP contribution >= 0.6 is 0 Å². The van der Waals surface area contributed by atoms with Crippen molar-refractivity contribution < 1.29 is 14.3 Å². The van der Waals surface area contributed by atoms with Crippen LogP contribution in [0.15, 0.2) is 47.4 Å². The summed E-state index contributed by atoms with van der Waals surface area (Å²) in [5, 5.41) is 12.5. The number of carbonyl (C=O) groups is 1. The third kappa shape index (κ3) is 4.62. The van der Waals surface area contributed by atoms with E-state index in [9.17, 15) is 9.59 Å². The fourth-order valence-corrected chi connectivity index (χ4v) is 3.91. The minimum Gasteiger partial charge on any atom is -0.497 e. The van der Waals surface area contributed by atoms with E-state index in [1.54, 1.807) is 36.2 Å². The predicted molar refractivity (Wildman–Crippen MR) is 135 cm³/mol. The number of benzene rings is 2. The van der Waals surface area contributed by atoms with Gasteiger partial charge in [-0.15, -0.1) is 0 Å². The molecule has 4 aromatic rings. The summed E-state index contributed by atoms with van der Waals surface area (Å²) < 4.78 is 13.4. The number of anilines is 1. The standard InChI is InChI=1S/C26H29N5O4/c1-15(2)24-20-13-27-31(18-8-7-16(3)17(4)11-18)25(20)26(33)30(29-24)14-23(32)28-21-10-9-19(34-5)12-22(21)35-6/h7-13,15H,14H2,1-6H3,(H,28,32). The molecule has 1 amide bonds. The van der Waals surface area contributed by atoms with Crippen LogP contribution in [0.2, 0.25) is 0 Å². The second-order valence-electron chi connectivity index (χ2n) is 8.70. The maximum Gasteiger partial charge on any atom is 0.293 e. The van der Waals surface area contributed by atoms with Crippen molar-refractivity contribution in [3.05, 3.63) is 69.8 Å². The maximum absolute atomic E-state index is 13.5. The largest absolute Gasteiger partial charge is 0.497 e. The molecule has 9 nitrogen and oxygen atoms in total. The van der Waals surface area contributed by atoms with Gasteiger partial charge < -0.3 is 14.8 Å². The Hall–Kier alpha value is -4.14. The van der Waals surface area contributed by atoms with Gasteiger partial charge in [0.2, 0.25) is 5.91 Å². The fourth-order valence-electron chi connectivity index (χ4n) is 3.91. The van der Waals surface area contributed by atoms with Crippen molar-refractivity contribution in [2.45, 2.75) is 40.2 Å². The number of nitrogens with zero attached hydrogens (tertiary/aromatic N) is 4. The van der Waals surface area contributed by atoms with E-state index in [0.29, 0.717) is 33.8 Å². The van der Waals surface area contributed by atoms with Gasteiger partial charge in [0.1, 0.15) is 23.6 Å². The molecule has 0 saturated heterocycles. The van der Waals surface area contributed by atoms with Crippen molar-refractivity contribution in [3.8, 4) is 17.2 Å². The monoisotopic (exact) mass is 475 g/mol. The Morgan fingerprint density at radius 1 is 1.06 bits per heavy atom. The Bertz CT molecular complexity index is 1470. The van der Waals surface area contributed by atoms with Gasteiger partial charge in [0, 0.05) is 11.5 Å². The van der Waals surface area contributed by atoms with Crippen molar-refractivity contribution in [2.24, 2.45) is 0 Å². The first-order valence-electron chi connectivity index (χ1n) is 11.3. The Kier molecular flexibility index (Phi) is 6.59. The summed E-state index contributed by atoms with van der Waals surface area (Å²) in [5.74, 6) is 0.661. The molecule has 0 aliphatic rings. The van der Waals surface area contributed by atoms with Crippen LogP contribution in [0.4, 0.5) is 5.69 Å². The number of rotatable bonds is 7. The SMILES string of the molecule is COc1ccc(NC(=O)Cn2nc(C(C)C)c3cnn(-c4ccc(C)c(C)c4)c3c2=O)c(OC)c1. The van der Waals surface area contributed by atoms with Crippen molar-refractivity contribution in [1.29, 1.82) is 0 Å². The number of fused-ring (bicyclic) bond motifs is 1. The zero-order chi connectivity index (χ0) is 25.3. The van der Waals surface area contributed by atoms with Crippen LogP contribution in [0.1, 0.15) is 36.6 Å². The first-order chi connectivity index (χ1) is 16.7. The van der Waals surface area contributed by atoms with Crippen molar-refractivity contribution in [2.75, 3.05) is 19.5 Å². The van der Waals surface area contributed by atoms with E-state index in [-0.39, 0.29) is 12.5 Å². The molecule has 35 heavy (non-hydrogen) atoms. The van der Waals surface area contributed by atoms with Crippen LogP contribution in [0.5, 0.6) is 11.5 Å². The molecule has 1 N–H and O–H groups in total. The van der Waals surface area contributed by atoms with E-state index >= 15 is 0 Å². The zero-order valence-corrected chi connectivity index (χ0v) is 20.7. The fraction of sp³-hybridized carbons (Fsp3) is 0.308. The average Bonchev–Trinajstić information content (AvgIpc) is 3.28. The predicted octanol–water partition coefficient (Wildman–Crippen LogP) is 3.98. The van der Waals surface area contributed by atoms with Gasteiger partial charge in [0.15, 0.2) is 0 Å². The summed E-state index contributed by atoms with van der Waals surface area (Å²) >= 11 is 0. The van der Waals surface area contributed by atoms with Gasteiger partial charge in [-0.25, -0.2) is 9.36 Å². The second kappa shape index (κ2) is 9.61. The normalized spacial score (nSPS) is 11.2. The van der Waals surface area contributed by atoms with Crippen molar-refractivity contribution in [3.63, 3.8) is 0 Å². The highest BCUT2D eigenvalue weighted by Crippen LogP contribution is 2.29. The van der Waals surface area contributed by atoms with Crippen molar-refractivity contribution >= 4 is 22.5 Å². The molecule has 9 heteroatoms. The Labute approximate surface area is 203 Å². The minimum atomic E-state index is -0.408. The highest BCUT2D eigenvalue weighted by molar-refractivity contribution is 5.92. The van der Waals surface area contributed by atoms with Gasteiger partial charge >= 0.3 is 0 Å². The summed E-state index contributed by atoms with van der Waals surface area (Å²) in [5.41, 5.74) is 4.19. The molecule has 0 saturated carbocycles. The summed E-state index contributed by atoms with van der Waals surface area (Å²) in [6, 6.07) is 11.0. The van der Waals surface area contributed by atoms with Crippen molar-refractivity contribution in [1.82, 2.24) is 19.6 Å². The lowest BCUT2D eigenvalue weighted by molar-refractivity contribution is -0.117. The van der Waals surface area contributed by atoms with Crippen LogP contribution in [0.25, 0.3) is 16.6 Å². The topological polar surface area (TPSA) is 100 Å². The first-order valence-corrected chi connectivity index (χ1v) is 11.3. The highest BCUT2D eigenvalue weighted by Gasteiger charge is 2.20. The Morgan fingerprint density at radius 3 is 2.49 bits per heavy atom. The number of aryl methyl sites for hydroxylation is 2. The minimum absolute atomic E-state index is 0.0199.